The van der Waals surface area contributed by atoms with E-state index in [1.54, 1.807) is 0 Å². The summed E-state index contributed by atoms with van der Waals surface area (Å²) >= 11 is 0. The fraction of sp³-hybridized carbons (Fsp3) is 0.350. The molecule has 3 aromatic rings. The third-order valence-electron chi connectivity index (χ3n) is 3.99. The Balaban J connectivity index is 2.19. The third-order valence-corrected chi connectivity index (χ3v) is 3.99. The predicted molar refractivity (Wildman–Crippen MR) is 103 cm³/mol. The van der Waals surface area contributed by atoms with E-state index in [4.69, 9.17) is 4.98 Å². The van der Waals surface area contributed by atoms with Gasteiger partial charge in [-0.2, -0.15) is 0 Å². The van der Waals surface area contributed by atoms with Gasteiger partial charge in [0.1, 0.15) is 17.2 Å². The summed E-state index contributed by atoms with van der Waals surface area (Å²) in [5, 5.41) is 3.64. The van der Waals surface area contributed by atoms with E-state index < -0.39 is 0 Å². The van der Waals surface area contributed by atoms with Crippen molar-refractivity contribution in [2.45, 2.75) is 33.2 Å². The Labute approximate surface area is 144 Å². The lowest BCUT2D eigenvalue weighted by atomic mass is 10.1. The van der Waals surface area contributed by atoms with Crippen molar-refractivity contribution in [3.05, 3.63) is 48.2 Å². The zero-order valence-corrected chi connectivity index (χ0v) is 15.4. The van der Waals surface area contributed by atoms with Crippen molar-refractivity contribution < 1.29 is 0 Å². The number of pyridine rings is 1. The molecule has 0 spiro atoms. The number of aryl methyl sites for hydroxylation is 1. The Morgan fingerprint density at radius 2 is 1.67 bits per heavy atom. The van der Waals surface area contributed by atoms with Crippen LogP contribution in [0.5, 0.6) is 0 Å². The van der Waals surface area contributed by atoms with Crippen LogP contribution >= 0.6 is 0 Å². The van der Waals surface area contributed by atoms with Crippen LogP contribution < -0.4 is 10.2 Å². The molecule has 0 fully saturated rings. The smallest absolute Gasteiger partial charge is 0.139 e. The van der Waals surface area contributed by atoms with Crippen molar-refractivity contribution in [2.24, 2.45) is 0 Å². The Morgan fingerprint density at radius 1 is 1.00 bits per heavy atom. The number of nitrogens with zero attached hydrogens (tertiary/aromatic N) is 3. The number of aromatic nitrogens is 2. The van der Waals surface area contributed by atoms with Gasteiger partial charge in [-0.1, -0.05) is 18.2 Å². The zero-order chi connectivity index (χ0) is 17.5. The minimum atomic E-state index is -0.0451. The van der Waals surface area contributed by atoms with E-state index >= 15 is 0 Å². The monoisotopic (exact) mass is 322 g/mol. The average molecular weight is 322 g/mol. The molecule has 0 aliphatic rings. The van der Waals surface area contributed by atoms with Crippen LogP contribution in [0.15, 0.2) is 42.5 Å². The van der Waals surface area contributed by atoms with E-state index in [1.165, 1.54) is 11.4 Å². The van der Waals surface area contributed by atoms with Crippen LogP contribution in [0, 0.1) is 6.92 Å². The summed E-state index contributed by atoms with van der Waals surface area (Å²) in [5.74, 6) is 1.05. The fourth-order valence-corrected chi connectivity index (χ4v) is 2.84. The molecule has 126 valence electrons. The summed E-state index contributed by atoms with van der Waals surface area (Å²) in [6.45, 7) is 8.62. The highest BCUT2D eigenvalue weighted by Crippen LogP contribution is 2.32. The van der Waals surface area contributed by atoms with Gasteiger partial charge in [-0.05, 0) is 52.0 Å². The number of imidazole rings is 1. The Hall–Kier alpha value is -2.49. The largest absolute Gasteiger partial charge is 0.378 e. The predicted octanol–water partition coefficient (Wildman–Crippen LogP) is 4.59. The highest BCUT2D eigenvalue weighted by Gasteiger charge is 2.20. The van der Waals surface area contributed by atoms with E-state index in [0.717, 1.165) is 22.7 Å². The number of anilines is 2. The maximum atomic E-state index is 4.89. The van der Waals surface area contributed by atoms with Gasteiger partial charge in [-0.3, -0.25) is 4.40 Å². The minimum Gasteiger partial charge on any atom is -0.378 e. The molecule has 0 radical (unpaired) electrons. The molecule has 0 unspecified atom stereocenters. The summed E-state index contributed by atoms with van der Waals surface area (Å²) in [7, 11) is 4.10. The standard InChI is InChI=1S/C20H26N4/c1-14-8-7-9-17-21-18(19(24(14)17)22-20(2,3)4)15-10-12-16(13-11-15)23(5)6/h7-13,22H,1-6H3. The summed E-state index contributed by atoms with van der Waals surface area (Å²) in [6.07, 6.45) is 0. The second-order valence-corrected chi connectivity index (χ2v) is 7.49. The van der Waals surface area contributed by atoms with Crippen LogP contribution in [-0.2, 0) is 0 Å². The van der Waals surface area contributed by atoms with Crippen molar-refractivity contribution in [3.8, 4) is 11.3 Å². The summed E-state index contributed by atoms with van der Waals surface area (Å²) < 4.78 is 2.19. The first-order chi connectivity index (χ1) is 11.3. The lowest BCUT2D eigenvalue weighted by molar-refractivity contribution is 0.629. The van der Waals surface area contributed by atoms with E-state index in [0.29, 0.717) is 0 Å². The highest BCUT2D eigenvalue weighted by molar-refractivity contribution is 5.78. The molecular formula is C20H26N4. The maximum Gasteiger partial charge on any atom is 0.139 e. The second-order valence-electron chi connectivity index (χ2n) is 7.49. The lowest BCUT2D eigenvalue weighted by Gasteiger charge is -2.23. The molecule has 0 atom stereocenters. The molecule has 0 aliphatic heterocycles. The molecule has 0 saturated carbocycles. The van der Waals surface area contributed by atoms with Gasteiger partial charge in [0, 0.05) is 36.6 Å². The normalized spacial score (nSPS) is 11.8. The van der Waals surface area contributed by atoms with Gasteiger partial charge in [0.05, 0.1) is 0 Å². The van der Waals surface area contributed by atoms with Gasteiger partial charge in [0.2, 0.25) is 0 Å². The average Bonchev–Trinajstić information content (AvgIpc) is 2.85. The molecule has 0 bridgehead atoms. The van der Waals surface area contributed by atoms with Crippen LogP contribution in [-0.4, -0.2) is 29.0 Å². The Kier molecular flexibility index (Phi) is 3.99. The maximum absolute atomic E-state index is 4.89. The summed E-state index contributed by atoms with van der Waals surface area (Å²) in [6, 6.07) is 14.8. The van der Waals surface area contributed by atoms with Gasteiger partial charge in [0.25, 0.3) is 0 Å². The molecule has 4 nitrogen and oxygen atoms in total. The molecule has 0 amide bonds. The Morgan fingerprint density at radius 3 is 2.25 bits per heavy atom. The molecule has 0 aliphatic carbocycles. The molecule has 4 heteroatoms. The molecule has 2 aromatic heterocycles. The van der Waals surface area contributed by atoms with Crippen LogP contribution in [0.1, 0.15) is 26.5 Å². The van der Waals surface area contributed by atoms with Crippen LogP contribution in [0.4, 0.5) is 11.5 Å². The molecule has 24 heavy (non-hydrogen) atoms. The summed E-state index contributed by atoms with van der Waals surface area (Å²) in [4.78, 5) is 6.99. The van der Waals surface area contributed by atoms with E-state index in [2.05, 4.69) is 98.9 Å². The molecule has 1 N–H and O–H groups in total. The van der Waals surface area contributed by atoms with Gasteiger partial charge < -0.3 is 10.2 Å². The van der Waals surface area contributed by atoms with E-state index in [9.17, 15) is 0 Å². The lowest BCUT2D eigenvalue weighted by Crippen LogP contribution is -2.27. The SMILES string of the molecule is Cc1cccc2nc(-c3ccc(N(C)C)cc3)c(NC(C)(C)C)n12. The van der Waals surface area contributed by atoms with Crippen molar-refractivity contribution in [1.29, 1.82) is 0 Å². The second kappa shape index (κ2) is 5.86. The number of fused-ring (bicyclic) bond motifs is 1. The zero-order valence-electron chi connectivity index (χ0n) is 15.4. The molecule has 2 heterocycles. The van der Waals surface area contributed by atoms with Crippen molar-refractivity contribution in [1.82, 2.24) is 9.38 Å². The number of nitrogens with one attached hydrogen (secondary N) is 1. The van der Waals surface area contributed by atoms with Gasteiger partial charge >= 0.3 is 0 Å². The number of hydrogen-bond donors (Lipinski definition) is 1. The van der Waals surface area contributed by atoms with Crippen LogP contribution in [0.2, 0.25) is 0 Å². The first-order valence-electron chi connectivity index (χ1n) is 8.30. The van der Waals surface area contributed by atoms with Gasteiger partial charge in [-0.25, -0.2) is 4.98 Å². The van der Waals surface area contributed by atoms with Crippen LogP contribution in [0.3, 0.4) is 0 Å². The van der Waals surface area contributed by atoms with Crippen molar-refractivity contribution >= 4 is 17.2 Å². The van der Waals surface area contributed by atoms with Crippen LogP contribution in [0.25, 0.3) is 16.9 Å². The Bertz CT molecular complexity index is 852. The topological polar surface area (TPSA) is 32.6 Å². The number of hydrogen-bond acceptors (Lipinski definition) is 3. The first-order valence-corrected chi connectivity index (χ1v) is 8.30. The molecule has 1 aromatic carbocycles. The fourth-order valence-electron chi connectivity index (χ4n) is 2.84. The van der Waals surface area contributed by atoms with Gasteiger partial charge in [-0.15, -0.1) is 0 Å². The summed E-state index contributed by atoms with van der Waals surface area (Å²) in [5.41, 5.74) is 5.39. The van der Waals surface area contributed by atoms with Crippen molar-refractivity contribution in [2.75, 3.05) is 24.3 Å². The number of rotatable bonds is 3. The highest BCUT2D eigenvalue weighted by atomic mass is 15.2. The van der Waals surface area contributed by atoms with Crippen molar-refractivity contribution in [3.63, 3.8) is 0 Å². The molecule has 0 saturated heterocycles. The quantitative estimate of drug-likeness (QED) is 0.766. The third kappa shape index (κ3) is 3.09. The molecular weight excluding hydrogens is 296 g/mol. The number of benzene rings is 1. The van der Waals surface area contributed by atoms with Gasteiger partial charge in [0.15, 0.2) is 0 Å². The first kappa shape index (κ1) is 16.4. The molecule has 3 rings (SSSR count). The van der Waals surface area contributed by atoms with E-state index in [1.807, 2.05) is 0 Å². The minimum absolute atomic E-state index is 0.0451. The van der Waals surface area contributed by atoms with E-state index in [-0.39, 0.29) is 5.54 Å².